The van der Waals surface area contributed by atoms with Crippen LogP contribution in [-0.2, 0) is 21.4 Å². The number of hydrogen-bond acceptors (Lipinski definition) is 8. The Hall–Kier alpha value is -4.37. The molecule has 0 bridgehead atoms. The molecule has 12 nitrogen and oxygen atoms in total. The molecule has 2 aromatic rings. The van der Waals surface area contributed by atoms with Gasteiger partial charge >= 0.3 is 0 Å². The van der Waals surface area contributed by atoms with E-state index in [1.165, 1.54) is 0 Å². The van der Waals surface area contributed by atoms with Gasteiger partial charge in [0.2, 0.25) is 5.91 Å². The maximum Gasteiger partial charge on any atom is 0.251 e. The number of likely N-dealkylation sites (tertiary alicyclic amines) is 1. The molecule has 7 atom stereocenters. The number of carbonyl (C=O) groups excluding carboxylic acids is 3. The third kappa shape index (κ3) is 5.72. The fraction of sp³-hybridized carbons (Fsp3) is 0.583. The average molecular weight is 652 g/mol. The molecule has 2 saturated carbocycles. The number of nitrogens with zero attached hydrogens (tertiary/aromatic N) is 5. The van der Waals surface area contributed by atoms with E-state index in [0.29, 0.717) is 54.7 Å². The molecule has 1 aromatic carbocycles. The predicted molar refractivity (Wildman–Crippen MR) is 177 cm³/mol. The van der Waals surface area contributed by atoms with Crippen molar-refractivity contribution in [2.75, 3.05) is 19.6 Å². The van der Waals surface area contributed by atoms with Crippen molar-refractivity contribution in [3.63, 3.8) is 0 Å². The van der Waals surface area contributed by atoms with Crippen molar-refractivity contribution < 1.29 is 14.4 Å². The topological polar surface area (TPSA) is 169 Å². The molecule has 4 N–H and O–H groups in total. The Morgan fingerprint density at radius 2 is 1.94 bits per heavy atom. The number of piperidine rings is 1. The third-order valence-corrected chi connectivity index (χ3v) is 11.5. The Kier molecular flexibility index (Phi) is 8.90. The number of nitriles is 1. The molecule has 4 aliphatic carbocycles. The first-order valence-electron chi connectivity index (χ1n) is 17.7. The summed E-state index contributed by atoms with van der Waals surface area (Å²) >= 11 is 0. The van der Waals surface area contributed by atoms with Crippen molar-refractivity contribution in [2.45, 2.75) is 88.8 Å². The molecular weight excluding hydrogens is 606 g/mol. The lowest BCUT2D eigenvalue weighted by molar-refractivity contribution is -0.131. The van der Waals surface area contributed by atoms with Gasteiger partial charge in [0.05, 0.1) is 18.0 Å². The zero-order valence-electron chi connectivity index (χ0n) is 27.7. The van der Waals surface area contributed by atoms with E-state index in [4.69, 9.17) is 0 Å². The van der Waals surface area contributed by atoms with Crippen LogP contribution in [0.5, 0.6) is 0 Å². The summed E-state index contributed by atoms with van der Waals surface area (Å²) in [4.78, 5) is 41.5. The molecule has 0 spiro atoms. The Morgan fingerprint density at radius 1 is 1.12 bits per heavy atom. The number of hydrogen-bond donors (Lipinski definition) is 4. The smallest absolute Gasteiger partial charge is 0.251 e. The van der Waals surface area contributed by atoms with Crippen LogP contribution in [0.15, 0.2) is 42.0 Å². The van der Waals surface area contributed by atoms with Crippen LogP contribution in [0, 0.1) is 35.0 Å². The van der Waals surface area contributed by atoms with Crippen molar-refractivity contribution in [3.05, 3.63) is 64.5 Å². The van der Waals surface area contributed by atoms with Crippen LogP contribution in [-0.4, -0.2) is 81.0 Å². The summed E-state index contributed by atoms with van der Waals surface area (Å²) in [6, 6.07) is 8.13. The monoisotopic (exact) mass is 651 g/mol. The largest absolute Gasteiger partial charge is 0.352 e. The second kappa shape index (κ2) is 13.3. The molecule has 0 radical (unpaired) electrons. The molecular formula is C36H45N9O3. The Balaban J connectivity index is 1.29. The number of nitrogens with one attached hydrogen (secondary N) is 4. The number of rotatable bonds is 11. The number of likely N-dealkylation sites (N-methyl/N-ethyl adjacent to an activating group) is 1. The van der Waals surface area contributed by atoms with Crippen molar-refractivity contribution in [2.24, 2.45) is 23.7 Å². The number of aromatic amines is 1. The van der Waals surface area contributed by atoms with Gasteiger partial charge in [0.1, 0.15) is 6.04 Å². The summed E-state index contributed by atoms with van der Waals surface area (Å²) in [5, 5.41) is 35.2. The quantitative estimate of drug-likeness (QED) is 0.288. The molecule has 3 amide bonds. The maximum atomic E-state index is 13.7. The maximum absolute atomic E-state index is 13.7. The van der Waals surface area contributed by atoms with Gasteiger partial charge in [0, 0.05) is 42.2 Å². The minimum atomic E-state index is -0.750. The molecule has 7 rings (SSSR count). The summed E-state index contributed by atoms with van der Waals surface area (Å²) < 4.78 is 0. The molecule has 2 heterocycles. The molecule has 252 valence electrons. The average Bonchev–Trinajstić information content (AvgIpc) is 3.45. The van der Waals surface area contributed by atoms with Crippen LogP contribution in [0.1, 0.15) is 86.1 Å². The van der Waals surface area contributed by atoms with Gasteiger partial charge in [-0.1, -0.05) is 30.7 Å². The van der Waals surface area contributed by atoms with Crippen molar-refractivity contribution >= 4 is 17.7 Å². The number of fused-ring (bicyclic) bond motifs is 3. The molecule has 1 aromatic heterocycles. The van der Waals surface area contributed by atoms with Gasteiger partial charge in [0.25, 0.3) is 11.8 Å². The number of tetrazole rings is 1. The van der Waals surface area contributed by atoms with Crippen LogP contribution in [0.4, 0.5) is 0 Å². The van der Waals surface area contributed by atoms with E-state index >= 15 is 0 Å². The SMILES string of the molecule is CCNC(=O)C1=CC2CCc3cc(C(=O)NCC)ccc3C(C[C@@H](NCC(=O)N3C(C#N)C[C@@H]4C[C@@H]43)C3CCC3)(c3nnn[nH]3)C2C=C1. The number of H-pyrrole nitrogens is 1. The van der Waals surface area contributed by atoms with Crippen LogP contribution in [0.25, 0.3) is 0 Å². The summed E-state index contributed by atoms with van der Waals surface area (Å²) in [7, 11) is 0. The molecule has 1 saturated heterocycles. The van der Waals surface area contributed by atoms with Gasteiger partial charge in [-0.15, -0.1) is 5.10 Å². The Labute approximate surface area is 281 Å². The van der Waals surface area contributed by atoms with Crippen LogP contribution in [0.3, 0.4) is 0 Å². The lowest BCUT2D eigenvalue weighted by Gasteiger charge is -2.46. The molecule has 4 unspecified atom stereocenters. The lowest BCUT2D eigenvalue weighted by atomic mass is 9.59. The van der Waals surface area contributed by atoms with Gasteiger partial charge < -0.3 is 20.9 Å². The van der Waals surface area contributed by atoms with Gasteiger partial charge in [-0.25, -0.2) is 5.10 Å². The first-order chi connectivity index (χ1) is 23.4. The minimum absolute atomic E-state index is 0.00511. The summed E-state index contributed by atoms with van der Waals surface area (Å²) in [5.41, 5.74) is 2.62. The number of carbonyl (C=O) groups is 3. The number of allylic oxidation sites excluding steroid dienone is 2. The minimum Gasteiger partial charge on any atom is -0.352 e. The zero-order chi connectivity index (χ0) is 33.4. The van der Waals surface area contributed by atoms with Gasteiger partial charge in [-0.05, 0) is 110 Å². The zero-order valence-corrected chi connectivity index (χ0v) is 27.7. The first kappa shape index (κ1) is 32.2. The van der Waals surface area contributed by atoms with Gasteiger partial charge in [-0.3, -0.25) is 14.4 Å². The first-order valence-corrected chi connectivity index (χ1v) is 17.7. The molecule has 48 heavy (non-hydrogen) atoms. The van der Waals surface area contributed by atoms with Crippen LogP contribution < -0.4 is 16.0 Å². The number of benzene rings is 1. The van der Waals surface area contributed by atoms with E-state index in [-0.39, 0.29) is 54.2 Å². The van der Waals surface area contributed by atoms with Crippen LogP contribution in [0.2, 0.25) is 0 Å². The molecule has 12 heteroatoms. The highest BCUT2D eigenvalue weighted by molar-refractivity contribution is 5.96. The van der Waals surface area contributed by atoms with Crippen molar-refractivity contribution in [1.82, 2.24) is 41.5 Å². The van der Waals surface area contributed by atoms with Crippen molar-refractivity contribution in [1.29, 1.82) is 5.26 Å². The van der Waals surface area contributed by atoms with Gasteiger partial charge in [0.15, 0.2) is 5.82 Å². The van der Waals surface area contributed by atoms with E-state index in [9.17, 15) is 19.6 Å². The second-order valence-corrected chi connectivity index (χ2v) is 14.1. The lowest BCUT2D eigenvalue weighted by Crippen LogP contribution is -2.52. The number of aromatic nitrogens is 4. The highest BCUT2D eigenvalue weighted by Crippen LogP contribution is 2.53. The molecule has 3 fully saturated rings. The van der Waals surface area contributed by atoms with Crippen molar-refractivity contribution in [3.8, 4) is 6.07 Å². The van der Waals surface area contributed by atoms with E-state index in [1.54, 1.807) is 0 Å². The van der Waals surface area contributed by atoms with Gasteiger partial charge in [-0.2, -0.15) is 5.26 Å². The van der Waals surface area contributed by atoms with E-state index < -0.39 is 5.41 Å². The van der Waals surface area contributed by atoms with E-state index in [1.807, 2.05) is 37.0 Å². The normalized spacial score (nSPS) is 29.2. The van der Waals surface area contributed by atoms with E-state index in [0.717, 1.165) is 49.7 Å². The second-order valence-electron chi connectivity index (χ2n) is 14.1. The predicted octanol–water partition coefficient (Wildman–Crippen LogP) is 2.71. The molecule has 5 aliphatic rings. The van der Waals surface area contributed by atoms with Crippen LogP contribution >= 0.6 is 0 Å². The molecule has 1 aliphatic heterocycles. The Morgan fingerprint density at radius 3 is 2.65 bits per heavy atom. The fourth-order valence-electron chi connectivity index (χ4n) is 8.90. The highest BCUT2D eigenvalue weighted by atomic mass is 16.2. The highest BCUT2D eigenvalue weighted by Gasteiger charge is 2.55. The summed E-state index contributed by atoms with van der Waals surface area (Å²) in [6.07, 6.45) is 13.3. The Bertz CT molecular complexity index is 1660. The fourth-order valence-corrected chi connectivity index (χ4v) is 8.90. The standard InChI is InChI=1S/C36H45N9O3/c1-3-38-33(47)24-10-12-28-22(14-24)8-9-23-15-25(34(48)39-4-2)11-13-29(23)36(28,35-41-43-44-42-35)18-30(21-6-5-7-21)40-20-32(46)45-27(19-37)16-26-17-31(26)45/h10-15,21-22,26-28,30-31,40H,3-9,16-18,20H2,1-2H3,(H,38,47)(H,39,48)(H,41,42,43,44)/t22?,26-,27?,28?,30-,31+,36?/m1/s1. The van der Waals surface area contributed by atoms with E-state index in [2.05, 4.69) is 60.9 Å². The third-order valence-electron chi connectivity index (χ3n) is 11.5. The summed E-state index contributed by atoms with van der Waals surface area (Å²) in [5.74, 6) is 1.13. The summed E-state index contributed by atoms with van der Waals surface area (Å²) in [6.45, 7) is 5.07. The number of aryl methyl sites for hydroxylation is 1. The number of amides is 3.